The maximum absolute atomic E-state index is 12.3. The second kappa shape index (κ2) is 9.03. The van der Waals surface area contributed by atoms with Crippen molar-refractivity contribution in [1.29, 1.82) is 0 Å². The van der Waals surface area contributed by atoms with Gasteiger partial charge >= 0.3 is 6.09 Å². The average Bonchev–Trinajstić information content (AvgIpc) is 3.39. The highest BCUT2D eigenvalue weighted by molar-refractivity contribution is 5.68. The number of amides is 1. The quantitative estimate of drug-likeness (QED) is 0.540. The SMILES string of the molecule is CC(C)(C)OC(=O)N1CCC(C2NOC(C3CCNC(C4CNCO4)C3)N2)CC1. The Balaban J connectivity index is 1.22. The van der Waals surface area contributed by atoms with E-state index in [1.165, 1.54) is 0 Å². The van der Waals surface area contributed by atoms with Gasteiger partial charge in [-0.25, -0.2) is 4.79 Å². The van der Waals surface area contributed by atoms with E-state index in [4.69, 9.17) is 14.3 Å². The average molecular weight is 412 g/mol. The minimum Gasteiger partial charge on any atom is -0.444 e. The molecule has 0 aromatic rings. The first-order chi connectivity index (χ1) is 13.9. The number of hydrogen-bond acceptors (Lipinski definition) is 8. The molecule has 4 saturated heterocycles. The van der Waals surface area contributed by atoms with Crippen LogP contribution >= 0.6 is 0 Å². The van der Waals surface area contributed by atoms with Crippen LogP contribution in [0.5, 0.6) is 0 Å². The molecule has 166 valence electrons. The van der Waals surface area contributed by atoms with Crippen LogP contribution in [0.15, 0.2) is 0 Å². The van der Waals surface area contributed by atoms with E-state index in [0.29, 0.717) is 24.6 Å². The topological polar surface area (TPSA) is 96.1 Å². The number of nitrogens with zero attached hydrogens (tertiary/aromatic N) is 1. The van der Waals surface area contributed by atoms with E-state index < -0.39 is 5.60 Å². The smallest absolute Gasteiger partial charge is 0.410 e. The molecule has 4 heterocycles. The van der Waals surface area contributed by atoms with Gasteiger partial charge in [-0.15, -0.1) is 0 Å². The Bertz CT molecular complexity index is 558. The Morgan fingerprint density at radius 1 is 1.14 bits per heavy atom. The summed E-state index contributed by atoms with van der Waals surface area (Å²) in [6, 6.07) is 0.380. The molecule has 4 aliphatic heterocycles. The second-order valence-corrected chi connectivity index (χ2v) is 9.75. The monoisotopic (exact) mass is 411 g/mol. The summed E-state index contributed by atoms with van der Waals surface area (Å²) in [6.45, 7) is 9.73. The molecule has 0 aromatic heterocycles. The molecular formula is C20H37N5O4. The van der Waals surface area contributed by atoms with Crippen LogP contribution in [0, 0.1) is 11.8 Å². The van der Waals surface area contributed by atoms with Crippen molar-refractivity contribution in [3.05, 3.63) is 0 Å². The molecule has 0 saturated carbocycles. The van der Waals surface area contributed by atoms with E-state index in [9.17, 15) is 4.79 Å². The highest BCUT2D eigenvalue weighted by atomic mass is 16.7. The van der Waals surface area contributed by atoms with Gasteiger partial charge in [0.05, 0.1) is 19.0 Å². The van der Waals surface area contributed by atoms with Crippen LogP contribution < -0.4 is 21.4 Å². The van der Waals surface area contributed by atoms with Crippen molar-refractivity contribution in [3.63, 3.8) is 0 Å². The lowest BCUT2D eigenvalue weighted by Crippen LogP contribution is -2.52. The number of hydrogen-bond donors (Lipinski definition) is 4. The van der Waals surface area contributed by atoms with Crippen molar-refractivity contribution in [2.75, 3.05) is 32.9 Å². The van der Waals surface area contributed by atoms with E-state index in [1.807, 2.05) is 25.7 Å². The molecule has 4 fully saturated rings. The van der Waals surface area contributed by atoms with Gasteiger partial charge in [0.25, 0.3) is 0 Å². The Hall–Kier alpha value is -0.970. The molecule has 0 aliphatic carbocycles. The van der Waals surface area contributed by atoms with Crippen LogP contribution in [-0.2, 0) is 14.3 Å². The van der Waals surface area contributed by atoms with Crippen molar-refractivity contribution in [2.45, 2.75) is 76.6 Å². The van der Waals surface area contributed by atoms with Crippen molar-refractivity contribution < 1.29 is 19.1 Å². The van der Waals surface area contributed by atoms with Crippen molar-refractivity contribution in [1.82, 2.24) is 26.3 Å². The Morgan fingerprint density at radius 3 is 2.62 bits per heavy atom. The van der Waals surface area contributed by atoms with Crippen LogP contribution in [0.1, 0.15) is 46.5 Å². The van der Waals surface area contributed by atoms with Gasteiger partial charge in [-0.1, -0.05) is 0 Å². The molecule has 5 unspecified atom stereocenters. The number of carbonyl (C=O) groups excluding carboxylic acids is 1. The number of rotatable bonds is 3. The predicted molar refractivity (Wildman–Crippen MR) is 108 cm³/mol. The van der Waals surface area contributed by atoms with E-state index in [-0.39, 0.29) is 24.6 Å². The van der Waals surface area contributed by atoms with Gasteiger partial charge in [0.2, 0.25) is 0 Å². The minimum absolute atomic E-state index is 0.0304. The summed E-state index contributed by atoms with van der Waals surface area (Å²) in [7, 11) is 0. The van der Waals surface area contributed by atoms with Crippen LogP contribution in [-0.4, -0.2) is 74.0 Å². The summed E-state index contributed by atoms with van der Waals surface area (Å²) in [6.07, 6.45) is 4.24. The Kier molecular flexibility index (Phi) is 6.62. The third-order valence-electron chi connectivity index (χ3n) is 6.43. The van der Waals surface area contributed by atoms with Gasteiger partial charge in [-0.05, 0) is 58.9 Å². The van der Waals surface area contributed by atoms with Crippen molar-refractivity contribution in [3.8, 4) is 0 Å². The number of piperidine rings is 2. The van der Waals surface area contributed by atoms with Gasteiger partial charge in [0.15, 0.2) is 0 Å². The maximum atomic E-state index is 12.3. The molecule has 1 amide bonds. The molecule has 0 radical (unpaired) electrons. The summed E-state index contributed by atoms with van der Waals surface area (Å²) in [5.41, 5.74) is 2.78. The zero-order valence-electron chi connectivity index (χ0n) is 17.9. The Labute approximate surface area is 173 Å². The van der Waals surface area contributed by atoms with Crippen LogP contribution in [0.4, 0.5) is 4.79 Å². The third-order valence-corrected chi connectivity index (χ3v) is 6.43. The zero-order valence-corrected chi connectivity index (χ0v) is 17.9. The maximum Gasteiger partial charge on any atom is 0.410 e. The van der Waals surface area contributed by atoms with Crippen LogP contribution in [0.2, 0.25) is 0 Å². The predicted octanol–water partition coefficient (Wildman–Crippen LogP) is 0.724. The number of nitrogens with one attached hydrogen (secondary N) is 4. The molecule has 9 nitrogen and oxygen atoms in total. The molecule has 0 bridgehead atoms. The van der Waals surface area contributed by atoms with Crippen LogP contribution in [0.25, 0.3) is 0 Å². The standard InChI is InChI=1S/C20H37N5O4/c1-20(2,3)28-19(26)25-8-5-13(6-9-25)17-23-18(29-24-17)14-4-7-22-15(10-14)16-11-21-12-27-16/h13-18,21-24H,4-12H2,1-3H3. The van der Waals surface area contributed by atoms with Gasteiger partial charge in [-0.2, -0.15) is 5.48 Å². The number of likely N-dealkylation sites (tertiary alicyclic amines) is 1. The van der Waals surface area contributed by atoms with Gasteiger partial charge in [-0.3, -0.25) is 15.5 Å². The molecule has 0 spiro atoms. The van der Waals surface area contributed by atoms with E-state index >= 15 is 0 Å². The molecule has 0 aromatic carbocycles. The Morgan fingerprint density at radius 2 is 1.93 bits per heavy atom. The number of ether oxygens (including phenoxy) is 2. The normalized spacial score (nSPS) is 37.1. The fraction of sp³-hybridized carbons (Fsp3) is 0.950. The summed E-state index contributed by atoms with van der Waals surface area (Å²) in [5.74, 6) is 0.906. The fourth-order valence-electron chi connectivity index (χ4n) is 4.82. The van der Waals surface area contributed by atoms with Crippen molar-refractivity contribution >= 4 is 6.09 Å². The van der Waals surface area contributed by atoms with Gasteiger partial charge < -0.3 is 19.7 Å². The summed E-state index contributed by atoms with van der Waals surface area (Å²) >= 11 is 0. The van der Waals surface area contributed by atoms with E-state index in [0.717, 1.165) is 51.9 Å². The third kappa shape index (κ3) is 5.39. The molecular weight excluding hydrogens is 374 g/mol. The molecule has 4 aliphatic rings. The minimum atomic E-state index is -0.449. The lowest BCUT2D eigenvalue weighted by molar-refractivity contribution is -0.0338. The summed E-state index contributed by atoms with van der Waals surface area (Å²) in [5, 5.41) is 10.5. The van der Waals surface area contributed by atoms with E-state index in [2.05, 4.69) is 21.4 Å². The van der Waals surface area contributed by atoms with Crippen molar-refractivity contribution in [2.24, 2.45) is 11.8 Å². The lowest BCUT2D eigenvalue weighted by atomic mass is 9.88. The first kappa shape index (κ1) is 21.3. The molecule has 29 heavy (non-hydrogen) atoms. The molecule has 4 N–H and O–H groups in total. The summed E-state index contributed by atoms with van der Waals surface area (Å²) < 4.78 is 11.3. The first-order valence-electron chi connectivity index (χ1n) is 11.1. The fourth-order valence-corrected chi connectivity index (χ4v) is 4.82. The second-order valence-electron chi connectivity index (χ2n) is 9.75. The molecule has 9 heteroatoms. The number of carbonyl (C=O) groups is 1. The van der Waals surface area contributed by atoms with Gasteiger partial charge in [0.1, 0.15) is 11.8 Å². The lowest BCUT2D eigenvalue weighted by Gasteiger charge is -2.36. The van der Waals surface area contributed by atoms with Crippen LogP contribution in [0.3, 0.4) is 0 Å². The summed E-state index contributed by atoms with van der Waals surface area (Å²) in [4.78, 5) is 20.0. The largest absolute Gasteiger partial charge is 0.444 e. The molecule has 4 rings (SSSR count). The zero-order chi connectivity index (χ0) is 20.4. The number of hydroxylamine groups is 1. The van der Waals surface area contributed by atoms with E-state index in [1.54, 1.807) is 0 Å². The first-order valence-corrected chi connectivity index (χ1v) is 11.1. The molecule has 5 atom stereocenters. The highest BCUT2D eigenvalue weighted by Crippen LogP contribution is 2.29. The van der Waals surface area contributed by atoms with Gasteiger partial charge in [0, 0.05) is 31.6 Å². The highest BCUT2D eigenvalue weighted by Gasteiger charge is 2.40.